The van der Waals surface area contributed by atoms with E-state index in [-0.39, 0.29) is 29.4 Å². The van der Waals surface area contributed by atoms with Crippen molar-refractivity contribution in [2.45, 2.75) is 50.1 Å². The molecule has 1 aliphatic carbocycles. The monoisotopic (exact) mass is 496 g/mol. The summed E-state index contributed by atoms with van der Waals surface area (Å²) in [6.07, 6.45) is 0.627. The van der Waals surface area contributed by atoms with Gasteiger partial charge in [0.1, 0.15) is 11.6 Å². The Kier molecular flexibility index (Phi) is 6.00. The van der Waals surface area contributed by atoms with Crippen LogP contribution < -0.4 is 10.2 Å². The molecule has 2 aromatic rings. The summed E-state index contributed by atoms with van der Waals surface area (Å²) in [7, 11) is 0. The molecule has 188 valence electrons. The molecular formula is C23H25F5N6O. The van der Waals surface area contributed by atoms with Gasteiger partial charge in [-0.15, -0.1) is 0 Å². The van der Waals surface area contributed by atoms with Crippen LogP contribution in [0.2, 0.25) is 0 Å². The van der Waals surface area contributed by atoms with E-state index in [1.54, 1.807) is 6.07 Å². The van der Waals surface area contributed by atoms with Gasteiger partial charge in [0.15, 0.2) is 0 Å². The third-order valence-corrected chi connectivity index (χ3v) is 6.63. The van der Waals surface area contributed by atoms with Crippen LogP contribution in [0.5, 0.6) is 0 Å². The second-order valence-electron chi connectivity index (χ2n) is 9.55. The van der Waals surface area contributed by atoms with E-state index < -0.39 is 30.8 Å². The first-order valence-electron chi connectivity index (χ1n) is 11.7. The van der Waals surface area contributed by atoms with Crippen molar-refractivity contribution < 1.29 is 26.7 Å². The molecule has 2 aromatic heterocycles. The SMILES string of the molecule is O=C(CC1CC1)N1CCC(c2cc(Nc3cc(C(F)(F)F)ccn3)nc(N3CC(F)(F)C3)n2)CC1. The van der Waals surface area contributed by atoms with Gasteiger partial charge in [0, 0.05) is 37.7 Å². The highest BCUT2D eigenvalue weighted by Gasteiger charge is 2.45. The summed E-state index contributed by atoms with van der Waals surface area (Å²) in [5.74, 6) is -1.98. The summed E-state index contributed by atoms with van der Waals surface area (Å²) in [5.41, 5.74) is -0.260. The van der Waals surface area contributed by atoms with E-state index in [0.717, 1.165) is 31.2 Å². The average molecular weight is 496 g/mol. The lowest BCUT2D eigenvalue weighted by molar-refractivity contribution is -0.137. The van der Waals surface area contributed by atoms with Crippen molar-refractivity contribution in [3.63, 3.8) is 0 Å². The number of nitrogens with one attached hydrogen (secondary N) is 1. The number of aromatic nitrogens is 3. The van der Waals surface area contributed by atoms with Gasteiger partial charge in [-0.05, 0) is 43.7 Å². The zero-order valence-corrected chi connectivity index (χ0v) is 18.9. The Morgan fingerprint density at radius 1 is 1.06 bits per heavy atom. The third-order valence-electron chi connectivity index (χ3n) is 6.63. The quantitative estimate of drug-likeness (QED) is 0.590. The number of carbonyl (C=O) groups excluding carboxylic acids is 1. The molecule has 2 aliphatic heterocycles. The Balaban J connectivity index is 1.35. The molecule has 5 rings (SSSR count). The van der Waals surface area contributed by atoms with E-state index in [2.05, 4.69) is 20.3 Å². The van der Waals surface area contributed by atoms with Crippen molar-refractivity contribution in [2.75, 3.05) is 36.4 Å². The fraction of sp³-hybridized carbons (Fsp3) is 0.565. The smallest absolute Gasteiger partial charge is 0.343 e. The van der Waals surface area contributed by atoms with Crippen LogP contribution in [-0.2, 0) is 11.0 Å². The molecule has 0 spiro atoms. The fourth-order valence-electron chi connectivity index (χ4n) is 4.45. The predicted octanol–water partition coefficient (Wildman–Crippen LogP) is 4.60. The van der Waals surface area contributed by atoms with Crippen molar-refractivity contribution >= 4 is 23.5 Å². The molecule has 2 saturated heterocycles. The Hall–Kier alpha value is -3.05. The minimum absolute atomic E-state index is 0.0291. The van der Waals surface area contributed by atoms with E-state index in [1.807, 2.05) is 4.90 Å². The molecule has 7 nitrogen and oxygen atoms in total. The Bertz CT molecular complexity index is 1090. The van der Waals surface area contributed by atoms with Crippen molar-refractivity contribution in [2.24, 2.45) is 5.92 Å². The number of likely N-dealkylation sites (tertiary alicyclic amines) is 1. The van der Waals surface area contributed by atoms with E-state index in [9.17, 15) is 26.7 Å². The van der Waals surface area contributed by atoms with E-state index in [1.165, 1.54) is 4.90 Å². The minimum atomic E-state index is -4.53. The largest absolute Gasteiger partial charge is 0.416 e. The Morgan fingerprint density at radius 2 is 1.77 bits per heavy atom. The zero-order valence-electron chi connectivity index (χ0n) is 18.9. The van der Waals surface area contributed by atoms with Gasteiger partial charge in [0.2, 0.25) is 11.9 Å². The van der Waals surface area contributed by atoms with Crippen molar-refractivity contribution in [1.82, 2.24) is 19.9 Å². The maximum atomic E-state index is 13.5. The summed E-state index contributed by atoms with van der Waals surface area (Å²) < 4.78 is 66.2. The number of hydrogen-bond donors (Lipinski definition) is 1. The van der Waals surface area contributed by atoms with Crippen molar-refractivity contribution in [1.29, 1.82) is 0 Å². The highest BCUT2D eigenvalue weighted by Crippen LogP contribution is 2.36. The van der Waals surface area contributed by atoms with Gasteiger partial charge < -0.3 is 15.1 Å². The van der Waals surface area contributed by atoms with Crippen LogP contribution >= 0.6 is 0 Å². The highest BCUT2D eigenvalue weighted by atomic mass is 19.4. The van der Waals surface area contributed by atoms with Crippen LogP contribution in [-0.4, -0.2) is 57.9 Å². The lowest BCUT2D eigenvalue weighted by Gasteiger charge is -2.39. The summed E-state index contributed by atoms with van der Waals surface area (Å²) in [6, 6.07) is 3.35. The standard InChI is InChI=1S/C23H25F5N6O/c24-22(25)12-34(13-22)21-30-17(15-4-7-33(8-5-15)20(35)9-14-1-2-14)11-19(32-21)31-18-10-16(3-6-29-18)23(26,27)28/h3,6,10-11,14-15H,1-2,4-5,7-9,12-13H2,(H,29,30,31,32). The maximum Gasteiger partial charge on any atom is 0.416 e. The molecule has 3 aliphatic rings. The molecule has 0 aromatic carbocycles. The molecule has 0 radical (unpaired) electrons. The van der Waals surface area contributed by atoms with Crippen LogP contribution in [0.1, 0.15) is 49.3 Å². The molecule has 0 atom stereocenters. The van der Waals surface area contributed by atoms with Crippen molar-refractivity contribution in [3.8, 4) is 0 Å². The lowest BCUT2D eigenvalue weighted by Crippen LogP contribution is -2.57. The van der Waals surface area contributed by atoms with Crippen LogP contribution in [0.4, 0.5) is 39.5 Å². The molecule has 35 heavy (non-hydrogen) atoms. The molecule has 4 heterocycles. The van der Waals surface area contributed by atoms with Gasteiger partial charge in [0.05, 0.1) is 24.3 Å². The molecule has 1 amide bonds. The molecule has 1 N–H and O–H groups in total. The Morgan fingerprint density at radius 3 is 2.40 bits per heavy atom. The number of rotatable bonds is 6. The number of halogens is 5. The second kappa shape index (κ2) is 8.87. The first-order valence-corrected chi connectivity index (χ1v) is 11.7. The molecule has 0 unspecified atom stereocenters. The van der Waals surface area contributed by atoms with Crippen LogP contribution in [0, 0.1) is 5.92 Å². The fourth-order valence-corrected chi connectivity index (χ4v) is 4.45. The number of nitrogens with zero attached hydrogens (tertiary/aromatic N) is 5. The summed E-state index contributed by atoms with van der Waals surface area (Å²) in [5, 5.41) is 2.77. The highest BCUT2D eigenvalue weighted by molar-refractivity contribution is 5.76. The van der Waals surface area contributed by atoms with Crippen LogP contribution in [0.15, 0.2) is 24.4 Å². The number of carbonyl (C=O) groups is 1. The van der Waals surface area contributed by atoms with Crippen LogP contribution in [0.25, 0.3) is 0 Å². The molecule has 1 saturated carbocycles. The van der Waals surface area contributed by atoms with Gasteiger partial charge in [-0.3, -0.25) is 4.79 Å². The number of pyridine rings is 1. The second-order valence-corrected chi connectivity index (χ2v) is 9.55. The summed E-state index contributed by atoms with van der Waals surface area (Å²) in [4.78, 5) is 28.3. The van der Waals surface area contributed by atoms with Crippen LogP contribution in [0.3, 0.4) is 0 Å². The third kappa shape index (κ3) is 5.62. The Labute approximate surface area is 198 Å². The normalized spacial score (nSPS) is 20.5. The van der Waals surface area contributed by atoms with Gasteiger partial charge in [-0.1, -0.05) is 0 Å². The topological polar surface area (TPSA) is 74.2 Å². The number of piperidine rings is 1. The molecule has 12 heteroatoms. The van der Waals surface area contributed by atoms with Gasteiger partial charge in [0.25, 0.3) is 5.92 Å². The van der Waals surface area contributed by atoms with Gasteiger partial charge in [-0.2, -0.15) is 18.2 Å². The average Bonchev–Trinajstić information content (AvgIpc) is 3.61. The summed E-state index contributed by atoms with van der Waals surface area (Å²) >= 11 is 0. The van der Waals surface area contributed by atoms with E-state index >= 15 is 0 Å². The minimum Gasteiger partial charge on any atom is -0.343 e. The maximum absolute atomic E-state index is 13.5. The summed E-state index contributed by atoms with van der Waals surface area (Å²) in [6.45, 7) is 0.113. The first-order chi connectivity index (χ1) is 16.6. The number of alkyl halides is 5. The zero-order chi connectivity index (χ0) is 24.8. The molecular weight excluding hydrogens is 471 g/mol. The number of amides is 1. The van der Waals surface area contributed by atoms with Crippen molar-refractivity contribution in [3.05, 3.63) is 35.7 Å². The first kappa shape index (κ1) is 23.7. The number of hydrogen-bond acceptors (Lipinski definition) is 6. The van der Waals surface area contributed by atoms with Gasteiger partial charge in [-0.25, -0.2) is 18.7 Å². The van der Waals surface area contributed by atoms with E-state index in [0.29, 0.717) is 44.0 Å². The molecule has 0 bridgehead atoms. The van der Waals surface area contributed by atoms with Gasteiger partial charge >= 0.3 is 6.18 Å². The predicted molar refractivity (Wildman–Crippen MR) is 118 cm³/mol. The molecule has 3 fully saturated rings. The number of anilines is 3. The van der Waals surface area contributed by atoms with E-state index in [4.69, 9.17) is 0 Å². The lowest BCUT2D eigenvalue weighted by atomic mass is 9.93.